The molecule has 3 rings (SSSR count). The third-order valence-electron chi connectivity index (χ3n) is 4.42. The number of nitrogens with one attached hydrogen (secondary N) is 1. The highest BCUT2D eigenvalue weighted by Crippen LogP contribution is 2.22. The highest BCUT2D eigenvalue weighted by atomic mass is 32.2. The summed E-state index contributed by atoms with van der Waals surface area (Å²) in [6.45, 7) is 2.41. The first-order valence-electron chi connectivity index (χ1n) is 8.29. The van der Waals surface area contributed by atoms with E-state index in [9.17, 15) is 8.42 Å². The molecule has 1 N–H and O–H groups in total. The van der Waals surface area contributed by atoms with Gasteiger partial charge in [-0.15, -0.1) is 0 Å². The second-order valence-electron chi connectivity index (χ2n) is 6.23. The predicted octanol–water partition coefficient (Wildman–Crippen LogP) is 2.42. The largest absolute Gasteiger partial charge is 0.370 e. The fourth-order valence-corrected chi connectivity index (χ4v) is 4.25. The molecule has 1 aromatic carbocycles. The van der Waals surface area contributed by atoms with E-state index in [1.165, 1.54) is 0 Å². The highest BCUT2D eigenvalue weighted by molar-refractivity contribution is 7.88. The molecule has 1 fully saturated rings. The maximum Gasteiger partial charge on any atom is 0.215 e. The van der Waals surface area contributed by atoms with Crippen molar-refractivity contribution in [3.63, 3.8) is 0 Å². The second kappa shape index (κ2) is 7.77. The first kappa shape index (κ1) is 16.9. The van der Waals surface area contributed by atoms with Crippen molar-refractivity contribution in [1.82, 2.24) is 9.71 Å². The van der Waals surface area contributed by atoms with E-state index in [4.69, 9.17) is 0 Å². The summed E-state index contributed by atoms with van der Waals surface area (Å²) in [5.74, 6) is 0.436. The van der Waals surface area contributed by atoms with Gasteiger partial charge in [0.25, 0.3) is 0 Å². The molecule has 0 saturated carbocycles. The number of piperidine rings is 1. The van der Waals surface area contributed by atoms with Gasteiger partial charge in [0.05, 0.1) is 17.6 Å². The third kappa shape index (κ3) is 4.79. The van der Waals surface area contributed by atoms with Crippen LogP contribution in [0, 0.1) is 5.92 Å². The normalized spacial score (nSPS) is 16.2. The maximum absolute atomic E-state index is 12.2. The number of aromatic nitrogens is 1. The molecule has 1 aliphatic rings. The van der Waals surface area contributed by atoms with Gasteiger partial charge in [-0.3, -0.25) is 4.98 Å². The van der Waals surface area contributed by atoms with E-state index in [1.54, 1.807) is 6.20 Å². The van der Waals surface area contributed by atoms with Crippen molar-refractivity contribution in [3.8, 4) is 0 Å². The Bertz CT molecular complexity index is 727. The van der Waals surface area contributed by atoms with Gasteiger partial charge in [0.1, 0.15) is 0 Å². The zero-order chi connectivity index (χ0) is 16.8. The van der Waals surface area contributed by atoms with Crippen LogP contribution < -0.4 is 9.62 Å². The quantitative estimate of drug-likeness (QED) is 0.873. The summed E-state index contributed by atoms with van der Waals surface area (Å²) in [5.41, 5.74) is 1.96. The Morgan fingerprint density at radius 1 is 1.08 bits per heavy atom. The van der Waals surface area contributed by atoms with Gasteiger partial charge in [0, 0.05) is 25.8 Å². The molecule has 0 aliphatic carbocycles. The molecule has 1 aromatic heterocycles. The third-order valence-corrected chi connectivity index (χ3v) is 5.74. The molecule has 2 aromatic rings. The van der Waals surface area contributed by atoms with E-state index in [0.717, 1.165) is 37.2 Å². The Morgan fingerprint density at radius 3 is 2.50 bits per heavy atom. The van der Waals surface area contributed by atoms with Crippen molar-refractivity contribution in [2.75, 3.05) is 24.5 Å². The number of hydrogen-bond acceptors (Lipinski definition) is 4. The number of rotatable bonds is 6. The summed E-state index contributed by atoms with van der Waals surface area (Å²) < 4.78 is 27.2. The average molecular weight is 345 g/mol. The van der Waals surface area contributed by atoms with Crippen LogP contribution in [0.2, 0.25) is 0 Å². The zero-order valence-electron chi connectivity index (χ0n) is 13.6. The number of benzene rings is 1. The molecule has 6 heteroatoms. The lowest BCUT2D eigenvalue weighted by molar-refractivity contribution is 0.402. The topological polar surface area (TPSA) is 62.3 Å². The van der Waals surface area contributed by atoms with E-state index in [0.29, 0.717) is 12.5 Å². The molecule has 1 saturated heterocycles. The Balaban J connectivity index is 1.46. The fourth-order valence-electron chi connectivity index (χ4n) is 3.03. The van der Waals surface area contributed by atoms with Gasteiger partial charge in [-0.25, -0.2) is 13.1 Å². The van der Waals surface area contributed by atoms with Crippen LogP contribution in [0.4, 0.5) is 5.69 Å². The SMILES string of the molecule is O=S(=O)(Cc1ccccc1)NCC1CCN(c2cccnc2)CC1. The maximum atomic E-state index is 12.2. The van der Waals surface area contributed by atoms with Crippen LogP contribution in [-0.4, -0.2) is 33.0 Å². The zero-order valence-corrected chi connectivity index (χ0v) is 14.5. The summed E-state index contributed by atoms with van der Waals surface area (Å²) in [6, 6.07) is 13.3. The average Bonchev–Trinajstić information content (AvgIpc) is 2.62. The summed E-state index contributed by atoms with van der Waals surface area (Å²) in [5, 5.41) is 0. The molecule has 0 unspecified atom stereocenters. The molecule has 0 bridgehead atoms. The van der Waals surface area contributed by atoms with Crippen LogP contribution in [0.5, 0.6) is 0 Å². The molecule has 2 heterocycles. The molecule has 0 radical (unpaired) electrons. The molecule has 0 spiro atoms. The molecule has 1 aliphatic heterocycles. The van der Waals surface area contributed by atoms with Crippen LogP contribution in [0.1, 0.15) is 18.4 Å². The molecular formula is C18H23N3O2S. The summed E-state index contributed by atoms with van der Waals surface area (Å²) in [6.07, 6.45) is 5.63. The highest BCUT2D eigenvalue weighted by Gasteiger charge is 2.21. The van der Waals surface area contributed by atoms with Crippen LogP contribution in [-0.2, 0) is 15.8 Å². The summed E-state index contributed by atoms with van der Waals surface area (Å²) in [4.78, 5) is 6.46. The Labute approximate surface area is 143 Å². The van der Waals surface area contributed by atoms with Crippen molar-refractivity contribution in [1.29, 1.82) is 0 Å². The van der Waals surface area contributed by atoms with Gasteiger partial charge >= 0.3 is 0 Å². The van der Waals surface area contributed by atoms with Crippen LogP contribution >= 0.6 is 0 Å². The van der Waals surface area contributed by atoms with E-state index >= 15 is 0 Å². The molecule has 0 atom stereocenters. The van der Waals surface area contributed by atoms with Gasteiger partial charge in [0.15, 0.2) is 0 Å². The predicted molar refractivity (Wildman–Crippen MR) is 96.2 cm³/mol. The lowest BCUT2D eigenvalue weighted by Crippen LogP contribution is -2.39. The molecule has 128 valence electrons. The molecule has 24 heavy (non-hydrogen) atoms. The van der Waals surface area contributed by atoms with E-state index in [2.05, 4.69) is 20.7 Å². The fraction of sp³-hybridized carbons (Fsp3) is 0.389. The van der Waals surface area contributed by atoms with Crippen molar-refractivity contribution in [3.05, 3.63) is 60.4 Å². The Kier molecular flexibility index (Phi) is 5.48. The minimum atomic E-state index is -3.27. The monoisotopic (exact) mass is 345 g/mol. The lowest BCUT2D eigenvalue weighted by Gasteiger charge is -2.33. The van der Waals surface area contributed by atoms with Crippen molar-refractivity contribution in [2.45, 2.75) is 18.6 Å². The minimum absolute atomic E-state index is 0.0440. The summed E-state index contributed by atoms with van der Waals surface area (Å²) >= 11 is 0. The van der Waals surface area contributed by atoms with Gasteiger partial charge in [-0.1, -0.05) is 30.3 Å². The first-order chi connectivity index (χ1) is 11.6. The Hall–Kier alpha value is -1.92. The number of sulfonamides is 1. The van der Waals surface area contributed by atoms with Crippen molar-refractivity contribution < 1.29 is 8.42 Å². The van der Waals surface area contributed by atoms with E-state index < -0.39 is 10.0 Å². The number of nitrogens with zero attached hydrogens (tertiary/aromatic N) is 2. The van der Waals surface area contributed by atoms with E-state index in [-0.39, 0.29) is 5.75 Å². The van der Waals surface area contributed by atoms with Crippen molar-refractivity contribution in [2.24, 2.45) is 5.92 Å². The van der Waals surface area contributed by atoms with Crippen LogP contribution in [0.25, 0.3) is 0 Å². The minimum Gasteiger partial charge on any atom is -0.370 e. The van der Waals surface area contributed by atoms with Gasteiger partial charge in [-0.05, 0) is 36.5 Å². The molecule has 0 amide bonds. The van der Waals surface area contributed by atoms with Crippen LogP contribution in [0.15, 0.2) is 54.9 Å². The van der Waals surface area contributed by atoms with Gasteiger partial charge in [-0.2, -0.15) is 0 Å². The van der Waals surface area contributed by atoms with Crippen LogP contribution in [0.3, 0.4) is 0 Å². The molecule has 5 nitrogen and oxygen atoms in total. The van der Waals surface area contributed by atoms with Crippen molar-refractivity contribution >= 4 is 15.7 Å². The van der Waals surface area contributed by atoms with E-state index in [1.807, 2.05) is 42.6 Å². The summed E-state index contributed by atoms with van der Waals surface area (Å²) in [7, 11) is -3.27. The standard InChI is InChI=1S/C18H23N3O2S/c22-24(23,15-17-5-2-1-3-6-17)20-13-16-8-11-21(12-9-16)18-7-4-10-19-14-18/h1-7,10,14,16,20H,8-9,11-13,15H2. The number of hydrogen-bond donors (Lipinski definition) is 1. The molecular weight excluding hydrogens is 322 g/mol. The Morgan fingerprint density at radius 2 is 1.83 bits per heavy atom. The second-order valence-corrected chi connectivity index (χ2v) is 8.04. The number of anilines is 1. The van der Waals surface area contributed by atoms with Gasteiger partial charge < -0.3 is 4.90 Å². The first-order valence-corrected chi connectivity index (χ1v) is 9.94. The smallest absolute Gasteiger partial charge is 0.215 e. The lowest BCUT2D eigenvalue weighted by atomic mass is 9.97. The number of pyridine rings is 1. The van der Waals surface area contributed by atoms with Gasteiger partial charge in [0.2, 0.25) is 10.0 Å².